The molecule has 2 aromatic rings. The van der Waals surface area contributed by atoms with Crippen LogP contribution >= 0.6 is 0 Å². The van der Waals surface area contributed by atoms with Crippen LogP contribution in [0.15, 0.2) is 30.3 Å². The lowest BCUT2D eigenvalue weighted by molar-refractivity contribution is 0.130. The third-order valence-corrected chi connectivity index (χ3v) is 3.95. The summed E-state index contributed by atoms with van der Waals surface area (Å²) in [5.74, 6) is 1.86. The summed E-state index contributed by atoms with van der Waals surface area (Å²) < 4.78 is 5.71. The summed E-state index contributed by atoms with van der Waals surface area (Å²) in [6, 6.07) is 10.3. The number of hydrogen-bond donors (Lipinski definition) is 1. The minimum absolute atomic E-state index is 0.656. The first-order chi connectivity index (χ1) is 10.8. The van der Waals surface area contributed by atoms with Gasteiger partial charge in [-0.2, -0.15) is 0 Å². The highest BCUT2D eigenvalue weighted by Gasteiger charge is 2.16. The predicted octanol–water partition coefficient (Wildman–Crippen LogP) is 3.29. The van der Waals surface area contributed by atoms with E-state index in [2.05, 4.69) is 27.4 Å². The fourth-order valence-corrected chi connectivity index (χ4v) is 2.87. The standard InChI is InChI=1S/C18H23N3O/c1-14-20-17-10-6-5-9-16(17)18(21-14)19-11-12-22-13-15-7-3-2-4-8-15/h2-4,7-8H,5-6,9-13H2,1H3,(H,19,20,21). The van der Waals surface area contributed by atoms with Crippen LogP contribution in [0.3, 0.4) is 0 Å². The minimum atomic E-state index is 0.656. The number of hydrogen-bond acceptors (Lipinski definition) is 4. The van der Waals surface area contributed by atoms with E-state index >= 15 is 0 Å². The van der Waals surface area contributed by atoms with Gasteiger partial charge in [0.25, 0.3) is 0 Å². The normalized spacial score (nSPS) is 13.7. The van der Waals surface area contributed by atoms with Crippen LogP contribution in [0.1, 0.15) is 35.5 Å². The van der Waals surface area contributed by atoms with E-state index < -0.39 is 0 Å². The van der Waals surface area contributed by atoms with E-state index in [0.29, 0.717) is 13.2 Å². The number of nitrogens with one attached hydrogen (secondary N) is 1. The van der Waals surface area contributed by atoms with Crippen molar-refractivity contribution >= 4 is 5.82 Å². The summed E-state index contributed by atoms with van der Waals surface area (Å²) in [5, 5.41) is 3.42. The zero-order valence-electron chi connectivity index (χ0n) is 13.1. The molecule has 1 aliphatic rings. The lowest BCUT2D eigenvalue weighted by atomic mass is 9.96. The largest absolute Gasteiger partial charge is 0.375 e. The van der Waals surface area contributed by atoms with Gasteiger partial charge >= 0.3 is 0 Å². The first-order valence-corrected chi connectivity index (χ1v) is 8.05. The van der Waals surface area contributed by atoms with Crippen molar-refractivity contribution in [2.75, 3.05) is 18.5 Å². The van der Waals surface area contributed by atoms with Gasteiger partial charge in [0.15, 0.2) is 0 Å². The van der Waals surface area contributed by atoms with Crippen LogP contribution in [-0.2, 0) is 24.2 Å². The Hall–Kier alpha value is -1.94. The second-order valence-electron chi connectivity index (χ2n) is 5.72. The molecule has 0 atom stereocenters. The summed E-state index contributed by atoms with van der Waals surface area (Å²) in [6.45, 7) is 4.07. The van der Waals surface area contributed by atoms with Gasteiger partial charge in [-0.3, -0.25) is 0 Å². The molecule has 0 aliphatic heterocycles. The van der Waals surface area contributed by atoms with Crippen LogP contribution < -0.4 is 5.32 Å². The van der Waals surface area contributed by atoms with Crippen molar-refractivity contribution in [2.45, 2.75) is 39.2 Å². The van der Waals surface area contributed by atoms with Crippen molar-refractivity contribution < 1.29 is 4.74 Å². The third-order valence-electron chi connectivity index (χ3n) is 3.95. The number of nitrogens with zero attached hydrogens (tertiary/aromatic N) is 2. The van der Waals surface area contributed by atoms with Gasteiger partial charge in [0.2, 0.25) is 0 Å². The van der Waals surface area contributed by atoms with Crippen molar-refractivity contribution in [2.24, 2.45) is 0 Å². The lowest BCUT2D eigenvalue weighted by Crippen LogP contribution is -2.16. The number of anilines is 1. The van der Waals surface area contributed by atoms with Gasteiger partial charge in [-0.1, -0.05) is 30.3 Å². The smallest absolute Gasteiger partial charge is 0.133 e. The summed E-state index contributed by atoms with van der Waals surface area (Å²) in [4.78, 5) is 9.14. The topological polar surface area (TPSA) is 47.0 Å². The highest BCUT2D eigenvalue weighted by atomic mass is 16.5. The predicted molar refractivity (Wildman–Crippen MR) is 88.0 cm³/mol. The van der Waals surface area contributed by atoms with E-state index in [-0.39, 0.29) is 0 Å². The van der Waals surface area contributed by atoms with Crippen molar-refractivity contribution in [3.8, 4) is 0 Å². The van der Waals surface area contributed by atoms with E-state index in [4.69, 9.17) is 4.74 Å². The van der Waals surface area contributed by atoms with Gasteiger partial charge in [-0.25, -0.2) is 9.97 Å². The molecule has 3 rings (SSSR count). The van der Waals surface area contributed by atoms with Gasteiger partial charge in [0.1, 0.15) is 11.6 Å². The average Bonchev–Trinajstić information content (AvgIpc) is 2.55. The van der Waals surface area contributed by atoms with Crippen molar-refractivity contribution in [3.05, 3.63) is 53.0 Å². The maximum Gasteiger partial charge on any atom is 0.133 e. The first kappa shape index (κ1) is 15.0. The van der Waals surface area contributed by atoms with E-state index in [9.17, 15) is 0 Å². The second-order valence-corrected chi connectivity index (χ2v) is 5.72. The Balaban J connectivity index is 1.50. The molecule has 1 N–H and O–H groups in total. The molecule has 0 bridgehead atoms. The Bertz CT molecular complexity index is 613. The molecule has 4 nitrogen and oxygen atoms in total. The SMILES string of the molecule is Cc1nc2c(c(NCCOCc3ccccc3)n1)CCCC2. The van der Waals surface area contributed by atoms with E-state index in [1.54, 1.807) is 0 Å². The maximum atomic E-state index is 5.71. The van der Waals surface area contributed by atoms with Crippen LogP contribution in [0.4, 0.5) is 5.82 Å². The van der Waals surface area contributed by atoms with Crippen molar-refractivity contribution in [1.82, 2.24) is 9.97 Å². The molecule has 0 saturated carbocycles. The van der Waals surface area contributed by atoms with Crippen LogP contribution in [0.5, 0.6) is 0 Å². The van der Waals surface area contributed by atoms with Crippen LogP contribution in [0, 0.1) is 6.92 Å². The average molecular weight is 297 g/mol. The molecule has 1 aliphatic carbocycles. The number of fused-ring (bicyclic) bond motifs is 1. The zero-order chi connectivity index (χ0) is 15.2. The molecule has 1 aromatic heterocycles. The number of ether oxygens (including phenoxy) is 1. The van der Waals surface area contributed by atoms with Gasteiger partial charge in [0, 0.05) is 17.8 Å². The molecule has 0 amide bonds. The van der Waals surface area contributed by atoms with Gasteiger partial charge < -0.3 is 10.1 Å². The number of aromatic nitrogens is 2. The van der Waals surface area contributed by atoms with Gasteiger partial charge in [-0.15, -0.1) is 0 Å². The second kappa shape index (κ2) is 7.36. The third kappa shape index (κ3) is 3.83. The first-order valence-electron chi connectivity index (χ1n) is 8.05. The Morgan fingerprint density at radius 2 is 1.91 bits per heavy atom. The quantitative estimate of drug-likeness (QED) is 0.831. The Kier molecular flexibility index (Phi) is 5.01. The fraction of sp³-hybridized carbons (Fsp3) is 0.444. The summed E-state index contributed by atoms with van der Waals surface area (Å²) >= 11 is 0. The molecular weight excluding hydrogens is 274 g/mol. The van der Waals surface area contributed by atoms with Crippen LogP contribution in [0.25, 0.3) is 0 Å². The van der Waals surface area contributed by atoms with Crippen LogP contribution in [0.2, 0.25) is 0 Å². The molecule has 0 spiro atoms. The van der Waals surface area contributed by atoms with Gasteiger partial charge in [-0.05, 0) is 38.2 Å². The van der Waals surface area contributed by atoms with E-state index in [0.717, 1.165) is 31.0 Å². The Labute approximate surface area is 132 Å². The van der Waals surface area contributed by atoms with Gasteiger partial charge in [0.05, 0.1) is 13.2 Å². The molecule has 1 heterocycles. The molecule has 1 aromatic carbocycles. The number of rotatable bonds is 6. The molecule has 0 fully saturated rings. The monoisotopic (exact) mass is 297 g/mol. The zero-order valence-corrected chi connectivity index (χ0v) is 13.1. The molecule has 116 valence electrons. The number of benzene rings is 1. The summed E-state index contributed by atoms with van der Waals surface area (Å²) in [5.41, 5.74) is 3.74. The van der Waals surface area contributed by atoms with E-state index in [1.807, 2.05) is 25.1 Å². The highest BCUT2D eigenvalue weighted by molar-refractivity contribution is 5.47. The molecule has 4 heteroatoms. The lowest BCUT2D eigenvalue weighted by Gasteiger charge is -2.19. The highest BCUT2D eigenvalue weighted by Crippen LogP contribution is 2.25. The number of aryl methyl sites for hydroxylation is 2. The Morgan fingerprint density at radius 1 is 1.09 bits per heavy atom. The molecule has 0 unspecified atom stereocenters. The maximum absolute atomic E-state index is 5.71. The molecule has 22 heavy (non-hydrogen) atoms. The molecular formula is C18H23N3O. The van der Waals surface area contributed by atoms with Crippen molar-refractivity contribution in [3.63, 3.8) is 0 Å². The minimum Gasteiger partial charge on any atom is -0.375 e. The van der Waals surface area contributed by atoms with Crippen LogP contribution in [-0.4, -0.2) is 23.1 Å². The van der Waals surface area contributed by atoms with E-state index in [1.165, 1.54) is 29.7 Å². The fourth-order valence-electron chi connectivity index (χ4n) is 2.87. The Morgan fingerprint density at radius 3 is 2.77 bits per heavy atom. The summed E-state index contributed by atoms with van der Waals surface area (Å²) in [6.07, 6.45) is 4.64. The summed E-state index contributed by atoms with van der Waals surface area (Å²) in [7, 11) is 0. The molecule has 0 saturated heterocycles. The molecule has 0 radical (unpaired) electrons. The van der Waals surface area contributed by atoms with Crippen molar-refractivity contribution in [1.29, 1.82) is 0 Å².